The molecule has 0 radical (unpaired) electrons. The Kier molecular flexibility index (Phi) is 4.29. The number of rotatable bonds is 5. The summed E-state index contributed by atoms with van der Waals surface area (Å²) in [5.41, 5.74) is 2.64. The van der Waals surface area contributed by atoms with Crippen molar-refractivity contribution in [1.29, 1.82) is 0 Å². The van der Waals surface area contributed by atoms with Gasteiger partial charge >= 0.3 is 0 Å². The molecule has 0 aliphatic carbocycles. The van der Waals surface area contributed by atoms with Crippen molar-refractivity contribution in [3.63, 3.8) is 0 Å². The van der Waals surface area contributed by atoms with Gasteiger partial charge in [-0.2, -0.15) is 0 Å². The fraction of sp³-hybridized carbons (Fsp3) is 0.176. The van der Waals surface area contributed by atoms with Gasteiger partial charge in [-0.15, -0.1) is 27.8 Å². The fourth-order valence-electron chi connectivity index (χ4n) is 2.50. The quantitative estimate of drug-likeness (QED) is 0.586. The number of hydrogen-bond acceptors (Lipinski definition) is 6. The van der Waals surface area contributed by atoms with Gasteiger partial charge in [0, 0.05) is 10.3 Å². The molecular formula is C17H15N5OS2. The van der Waals surface area contributed by atoms with E-state index in [1.165, 1.54) is 0 Å². The SMILES string of the molecule is Cc1nc(-c2ccc(CNC(=O)Cn3nnc4ccccc43)s2)cs1. The van der Waals surface area contributed by atoms with Crippen LogP contribution >= 0.6 is 22.7 Å². The Morgan fingerprint density at radius 2 is 2.12 bits per heavy atom. The lowest BCUT2D eigenvalue weighted by molar-refractivity contribution is -0.121. The predicted molar refractivity (Wildman–Crippen MR) is 99.5 cm³/mol. The van der Waals surface area contributed by atoms with E-state index >= 15 is 0 Å². The second-order valence-corrected chi connectivity index (χ2v) is 7.76. The van der Waals surface area contributed by atoms with Crippen molar-refractivity contribution in [1.82, 2.24) is 25.3 Å². The van der Waals surface area contributed by atoms with Gasteiger partial charge in [0.15, 0.2) is 0 Å². The number of fused-ring (bicyclic) bond motifs is 1. The molecule has 3 aromatic heterocycles. The Morgan fingerprint density at radius 3 is 2.96 bits per heavy atom. The van der Waals surface area contributed by atoms with Crippen LogP contribution < -0.4 is 5.32 Å². The average Bonchev–Trinajstić information content (AvgIpc) is 3.33. The maximum Gasteiger partial charge on any atom is 0.242 e. The number of thiazole rings is 1. The first-order chi connectivity index (χ1) is 12.2. The van der Waals surface area contributed by atoms with Crippen molar-refractivity contribution < 1.29 is 4.79 Å². The second-order valence-electron chi connectivity index (χ2n) is 5.53. The lowest BCUT2D eigenvalue weighted by atomic mass is 10.3. The van der Waals surface area contributed by atoms with Gasteiger partial charge in [0.25, 0.3) is 0 Å². The summed E-state index contributed by atoms with van der Waals surface area (Å²) in [7, 11) is 0. The number of aryl methyl sites for hydroxylation is 1. The summed E-state index contributed by atoms with van der Waals surface area (Å²) in [6.45, 7) is 2.65. The van der Waals surface area contributed by atoms with Crippen LogP contribution in [0, 0.1) is 6.92 Å². The van der Waals surface area contributed by atoms with Gasteiger partial charge in [-0.25, -0.2) is 9.67 Å². The number of aromatic nitrogens is 4. The molecule has 0 saturated heterocycles. The fourth-order valence-corrected chi connectivity index (χ4v) is 4.09. The van der Waals surface area contributed by atoms with Crippen LogP contribution in [0.3, 0.4) is 0 Å². The molecule has 0 aliphatic rings. The van der Waals surface area contributed by atoms with Crippen LogP contribution in [0.5, 0.6) is 0 Å². The van der Waals surface area contributed by atoms with Crippen molar-refractivity contribution in [2.75, 3.05) is 0 Å². The first-order valence-corrected chi connectivity index (χ1v) is 9.45. The van der Waals surface area contributed by atoms with Crippen LogP contribution in [0.25, 0.3) is 21.6 Å². The summed E-state index contributed by atoms with van der Waals surface area (Å²) in [5.74, 6) is -0.0879. The summed E-state index contributed by atoms with van der Waals surface area (Å²) < 4.78 is 1.61. The number of carbonyl (C=O) groups is 1. The van der Waals surface area contributed by atoms with Gasteiger partial charge in [0.2, 0.25) is 5.91 Å². The zero-order valence-corrected chi connectivity index (χ0v) is 15.1. The van der Waals surface area contributed by atoms with Gasteiger partial charge < -0.3 is 5.32 Å². The molecule has 126 valence electrons. The topological polar surface area (TPSA) is 72.7 Å². The Balaban J connectivity index is 1.38. The van der Waals surface area contributed by atoms with Crippen LogP contribution in [0.15, 0.2) is 41.8 Å². The van der Waals surface area contributed by atoms with Gasteiger partial charge in [-0.05, 0) is 31.2 Å². The average molecular weight is 369 g/mol. The highest BCUT2D eigenvalue weighted by atomic mass is 32.1. The van der Waals surface area contributed by atoms with Gasteiger partial charge in [0.1, 0.15) is 12.1 Å². The third kappa shape index (κ3) is 3.45. The third-order valence-electron chi connectivity index (χ3n) is 3.71. The standard InChI is InChI=1S/C17H15N5OS2/c1-11-19-14(10-24-11)16-7-6-12(25-16)8-18-17(23)9-22-15-5-3-2-4-13(15)20-21-22/h2-7,10H,8-9H2,1H3,(H,18,23). The minimum Gasteiger partial charge on any atom is -0.350 e. The van der Waals surface area contributed by atoms with Crippen molar-refractivity contribution in [3.05, 3.63) is 51.7 Å². The lowest BCUT2D eigenvalue weighted by Gasteiger charge is -2.04. The summed E-state index contributed by atoms with van der Waals surface area (Å²) in [6.07, 6.45) is 0. The Hall–Kier alpha value is -2.58. The highest BCUT2D eigenvalue weighted by Gasteiger charge is 2.10. The van der Waals surface area contributed by atoms with Crippen LogP contribution in [-0.2, 0) is 17.9 Å². The molecule has 4 rings (SSSR count). The van der Waals surface area contributed by atoms with Crippen LogP contribution in [0.2, 0.25) is 0 Å². The molecule has 6 nitrogen and oxygen atoms in total. The van der Waals surface area contributed by atoms with Crippen LogP contribution in [-0.4, -0.2) is 25.9 Å². The summed E-state index contributed by atoms with van der Waals surface area (Å²) >= 11 is 3.29. The molecule has 3 heterocycles. The van der Waals surface area contributed by atoms with E-state index in [4.69, 9.17) is 0 Å². The first kappa shape index (κ1) is 15.9. The monoisotopic (exact) mass is 369 g/mol. The molecular weight excluding hydrogens is 354 g/mol. The van der Waals surface area contributed by atoms with Gasteiger partial charge in [0.05, 0.1) is 27.6 Å². The molecule has 0 aliphatic heterocycles. The number of thiophene rings is 1. The van der Waals surface area contributed by atoms with E-state index in [0.29, 0.717) is 6.54 Å². The second kappa shape index (κ2) is 6.73. The molecule has 4 aromatic rings. The van der Waals surface area contributed by atoms with Crippen LogP contribution in [0.1, 0.15) is 9.88 Å². The van der Waals surface area contributed by atoms with Crippen molar-refractivity contribution >= 4 is 39.6 Å². The van der Waals surface area contributed by atoms with E-state index in [1.54, 1.807) is 27.4 Å². The zero-order valence-electron chi connectivity index (χ0n) is 13.5. The predicted octanol–water partition coefficient (Wildman–Crippen LogP) is 3.24. The van der Waals surface area contributed by atoms with Gasteiger partial charge in [-0.1, -0.05) is 17.3 Å². The lowest BCUT2D eigenvalue weighted by Crippen LogP contribution is -2.27. The van der Waals surface area contributed by atoms with E-state index in [1.807, 2.05) is 43.3 Å². The molecule has 0 bridgehead atoms. The number of nitrogens with zero attached hydrogens (tertiary/aromatic N) is 4. The number of amides is 1. The smallest absolute Gasteiger partial charge is 0.242 e. The minimum atomic E-state index is -0.0879. The number of carbonyl (C=O) groups excluding carboxylic acids is 1. The molecule has 8 heteroatoms. The van der Waals surface area contributed by atoms with Crippen LogP contribution in [0.4, 0.5) is 0 Å². The highest BCUT2D eigenvalue weighted by molar-refractivity contribution is 7.16. The number of nitrogens with one attached hydrogen (secondary N) is 1. The highest BCUT2D eigenvalue weighted by Crippen LogP contribution is 2.28. The number of benzene rings is 1. The van der Waals surface area contributed by atoms with Gasteiger partial charge in [-0.3, -0.25) is 4.79 Å². The van der Waals surface area contributed by atoms with Crippen molar-refractivity contribution in [2.24, 2.45) is 0 Å². The summed E-state index contributed by atoms with van der Waals surface area (Å²) in [4.78, 5) is 18.9. The first-order valence-electron chi connectivity index (χ1n) is 7.75. The largest absolute Gasteiger partial charge is 0.350 e. The number of hydrogen-bond donors (Lipinski definition) is 1. The van der Waals surface area contributed by atoms with E-state index in [0.717, 1.165) is 31.5 Å². The van der Waals surface area contributed by atoms with Crippen molar-refractivity contribution in [2.45, 2.75) is 20.0 Å². The molecule has 1 N–H and O–H groups in total. The molecule has 0 fully saturated rings. The Labute approximate surface area is 152 Å². The normalized spacial score (nSPS) is 11.1. The molecule has 0 spiro atoms. The maximum absolute atomic E-state index is 12.2. The molecule has 1 amide bonds. The molecule has 0 unspecified atom stereocenters. The van der Waals surface area contributed by atoms with E-state index in [9.17, 15) is 4.79 Å². The Bertz CT molecular complexity index is 1030. The molecule has 1 aromatic carbocycles. The Morgan fingerprint density at radius 1 is 1.24 bits per heavy atom. The third-order valence-corrected chi connectivity index (χ3v) is 5.59. The molecule has 0 saturated carbocycles. The van der Waals surface area contributed by atoms with E-state index < -0.39 is 0 Å². The maximum atomic E-state index is 12.2. The molecule has 25 heavy (non-hydrogen) atoms. The number of para-hydroxylation sites is 1. The zero-order chi connectivity index (χ0) is 17.2. The van der Waals surface area contributed by atoms with E-state index in [-0.39, 0.29) is 12.5 Å². The van der Waals surface area contributed by atoms with E-state index in [2.05, 4.69) is 26.0 Å². The minimum absolute atomic E-state index is 0.0879. The van der Waals surface area contributed by atoms with Crippen molar-refractivity contribution in [3.8, 4) is 10.6 Å². The summed E-state index contributed by atoms with van der Waals surface area (Å²) in [5, 5.41) is 14.1. The molecule has 0 atom stereocenters. The summed E-state index contributed by atoms with van der Waals surface area (Å²) in [6, 6.07) is 11.7.